The zero-order valence-electron chi connectivity index (χ0n) is 12.5. The quantitative estimate of drug-likeness (QED) is 0.489. The summed E-state index contributed by atoms with van der Waals surface area (Å²) >= 11 is 0. The molecule has 2 saturated heterocycles. The summed E-state index contributed by atoms with van der Waals surface area (Å²) in [5.74, 6) is -0.437. The lowest BCUT2D eigenvalue weighted by atomic mass is 9.84. The SMILES string of the molecule is COC(=O)[C@@H]1C[C@@]2(C(=O)Nc3ccc(N)cc32)[NH+]2CCC[C@H]12. The molecule has 0 aromatic heterocycles. The molecule has 0 aliphatic carbocycles. The topological polar surface area (TPSA) is 85.9 Å². The van der Waals surface area contributed by atoms with Gasteiger partial charge >= 0.3 is 5.97 Å². The molecule has 3 heterocycles. The zero-order valence-corrected chi connectivity index (χ0v) is 12.5. The van der Waals surface area contributed by atoms with Crippen LogP contribution >= 0.6 is 0 Å². The highest BCUT2D eigenvalue weighted by Crippen LogP contribution is 2.44. The Balaban J connectivity index is 1.86. The van der Waals surface area contributed by atoms with Gasteiger partial charge in [0.1, 0.15) is 12.0 Å². The van der Waals surface area contributed by atoms with Crippen molar-refractivity contribution in [3.05, 3.63) is 23.8 Å². The minimum Gasteiger partial charge on any atom is -0.469 e. The lowest BCUT2D eigenvalue weighted by molar-refractivity contribution is -0.947. The standard InChI is InChI=1S/C16H19N3O3/c1-22-14(20)10-8-16(19-6-2-3-13(10)19)11-7-9(17)4-5-12(11)18-15(16)21/h4-5,7,10,13H,2-3,6,8,17H2,1H3,(H,18,21)/p+1/t10-,13-,16-/m1/s1. The Morgan fingerprint density at radius 2 is 2.32 bits per heavy atom. The molecule has 6 heteroatoms. The van der Waals surface area contributed by atoms with Crippen molar-refractivity contribution in [3.63, 3.8) is 0 Å². The number of nitrogens with one attached hydrogen (secondary N) is 2. The van der Waals surface area contributed by atoms with Crippen LogP contribution < -0.4 is 16.0 Å². The summed E-state index contributed by atoms with van der Waals surface area (Å²) < 4.78 is 4.98. The van der Waals surface area contributed by atoms with Crippen molar-refractivity contribution in [2.75, 3.05) is 24.7 Å². The normalized spacial score (nSPS) is 35.3. The fraction of sp³-hybridized carbons (Fsp3) is 0.500. The fourth-order valence-corrected chi connectivity index (χ4v) is 4.74. The summed E-state index contributed by atoms with van der Waals surface area (Å²) in [6.45, 7) is 0.903. The number of carbonyl (C=O) groups is 2. The van der Waals surface area contributed by atoms with E-state index in [-0.39, 0.29) is 23.8 Å². The number of ether oxygens (including phenoxy) is 1. The molecule has 116 valence electrons. The van der Waals surface area contributed by atoms with Gasteiger partial charge in [-0.3, -0.25) is 9.59 Å². The van der Waals surface area contributed by atoms with Crippen molar-refractivity contribution in [1.29, 1.82) is 0 Å². The van der Waals surface area contributed by atoms with E-state index >= 15 is 0 Å². The first kappa shape index (κ1) is 13.6. The summed E-state index contributed by atoms with van der Waals surface area (Å²) in [6, 6.07) is 5.69. The molecule has 2 fully saturated rings. The zero-order chi connectivity index (χ0) is 15.5. The minimum absolute atomic E-state index is 0.0126. The van der Waals surface area contributed by atoms with E-state index < -0.39 is 5.54 Å². The van der Waals surface area contributed by atoms with Crippen LogP contribution in [0.5, 0.6) is 0 Å². The van der Waals surface area contributed by atoms with E-state index in [0.29, 0.717) is 12.1 Å². The summed E-state index contributed by atoms with van der Waals surface area (Å²) in [5, 5.41) is 2.98. The lowest BCUT2D eigenvalue weighted by Gasteiger charge is -2.29. The summed E-state index contributed by atoms with van der Waals surface area (Å²) in [4.78, 5) is 26.2. The third-order valence-corrected chi connectivity index (χ3v) is 5.61. The van der Waals surface area contributed by atoms with Crippen molar-refractivity contribution in [2.24, 2.45) is 5.92 Å². The van der Waals surface area contributed by atoms with Gasteiger partial charge in [0.15, 0.2) is 0 Å². The number of benzene rings is 1. The molecule has 1 spiro atoms. The molecule has 6 nitrogen and oxygen atoms in total. The van der Waals surface area contributed by atoms with E-state index in [4.69, 9.17) is 10.5 Å². The third-order valence-electron chi connectivity index (χ3n) is 5.61. The second kappa shape index (κ2) is 4.46. The highest BCUT2D eigenvalue weighted by atomic mass is 16.5. The number of nitrogen functional groups attached to an aromatic ring is 1. The number of fused-ring (bicyclic) bond motifs is 4. The third kappa shape index (κ3) is 1.53. The van der Waals surface area contributed by atoms with E-state index in [9.17, 15) is 9.59 Å². The Bertz CT molecular complexity index is 675. The molecule has 0 radical (unpaired) electrons. The van der Waals surface area contributed by atoms with Crippen LogP contribution in [0.15, 0.2) is 18.2 Å². The molecule has 4 atom stereocenters. The Hall–Kier alpha value is -2.08. The van der Waals surface area contributed by atoms with Crippen LogP contribution in [0, 0.1) is 5.92 Å². The molecule has 1 aromatic rings. The Morgan fingerprint density at radius 1 is 1.50 bits per heavy atom. The average Bonchev–Trinajstić information content (AvgIpc) is 3.15. The van der Waals surface area contributed by atoms with Gasteiger partial charge in [0.25, 0.3) is 5.91 Å². The fourth-order valence-electron chi connectivity index (χ4n) is 4.74. The van der Waals surface area contributed by atoms with E-state index in [1.54, 1.807) is 6.07 Å². The first-order chi connectivity index (χ1) is 10.6. The van der Waals surface area contributed by atoms with Crippen molar-refractivity contribution in [1.82, 2.24) is 0 Å². The molecule has 3 aliphatic heterocycles. The van der Waals surface area contributed by atoms with Gasteiger partial charge < -0.3 is 20.7 Å². The number of nitrogens with two attached hydrogens (primary N) is 1. The van der Waals surface area contributed by atoms with E-state index in [2.05, 4.69) is 5.32 Å². The summed E-state index contributed by atoms with van der Waals surface area (Å²) in [5.41, 5.74) is 7.66. The highest BCUT2D eigenvalue weighted by molar-refractivity contribution is 6.05. The molecule has 0 saturated carbocycles. The Labute approximate surface area is 128 Å². The first-order valence-corrected chi connectivity index (χ1v) is 7.73. The van der Waals surface area contributed by atoms with Gasteiger partial charge in [-0.1, -0.05) is 0 Å². The van der Waals surface area contributed by atoms with E-state index in [1.807, 2.05) is 12.1 Å². The van der Waals surface area contributed by atoms with Crippen LogP contribution in [0.1, 0.15) is 24.8 Å². The number of anilines is 2. The molecule has 0 bridgehead atoms. The van der Waals surface area contributed by atoms with Gasteiger partial charge in [-0.05, 0) is 18.2 Å². The van der Waals surface area contributed by atoms with Crippen molar-refractivity contribution in [3.8, 4) is 0 Å². The number of methoxy groups -OCH3 is 1. The van der Waals surface area contributed by atoms with E-state index in [1.165, 1.54) is 12.0 Å². The second-order valence-corrected chi connectivity index (χ2v) is 6.52. The van der Waals surface area contributed by atoms with Crippen molar-refractivity contribution < 1.29 is 19.2 Å². The molecule has 4 N–H and O–H groups in total. The number of quaternary nitrogens is 1. The lowest BCUT2D eigenvalue weighted by Crippen LogP contribution is -3.19. The maximum Gasteiger partial charge on any atom is 0.315 e. The van der Waals surface area contributed by atoms with Gasteiger partial charge in [-0.15, -0.1) is 0 Å². The number of rotatable bonds is 1. The largest absolute Gasteiger partial charge is 0.469 e. The van der Waals surface area contributed by atoms with Gasteiger partial charge in [-0.2, -0.15) is 0 Å². The van der Waals surface area contributed by atoms with Gasteiger partial charge in [0, 0.05) is 30.5 Å². The van der Waals surface area contributed by atoms with Crippen molar-refractivity contribution in [2.45, 2.75) is 30.8 Å². The number of carbonyl (C=O) groups excluding carboxylic acids is 2. The molecule has 22 heavy (non-hydrogen) atoms. The van der Waals surface area contributed by atoms with Crippen LogP contribution in [-0.4, -0.2) is 31.6 Å². The van der Waals surface area contributed by atoms with Crippen LogP contribution in [0.3, 0.4) is 0 Å². The number of amides is 1. The van der Waals surface area contributed by atoms with Gasteiger partial charge in [0.2, 0.25) is 5.54 Å². The molecular formula is C16H20N3O3+. The summed E-state index contributed by atoms with van der Waals surface area (Å²) in [6.07, 6.45) is 2.49. The van der Waals surface area contributed by atoms with E-state index in [0.717, 1.165) is 30.6 Å². The van der Waals surface area contributed by atoms with Gasteiger partial charge in [0.05, 0.1) is 19.3 Å². The minimum atomic E-state index is -0.690. The molecule has 1 amide bonds. The maximum absolute atomic E-state index is 12.8. The average molecular weight is 302 g/mol. The number of hydrogen-bond donors (Lipinski definition) is 3. The molecular weight excluding hydrogens is 282 g/mol. The van der Waals surface area contributed by atoms with Crippen LogP contribution in [0.2, 0.25) is 0 Å². The second-order valence-electron chi connectivity index (χ2n) is 6.52. The highest BCUT2D eigenvalue weighted by Gasteiger charge is 2.67. The molecule has 4 rings (SSSR count). The monoisotopic (exact) mass is 302 g/mol. The Morgan fingerprint density at radius 3 is 3.09 bits per heavy atom. The summed E-state index contributed by atoms with van der Waals surface area (Å²) in [7, 11) is 1.42. The first-order valence-electron chi connectivity index (χ1n) is 7.73. The van der Waals surface area contributed by atoms with Gasteiger partial charge in [-0.25, -0.2) is 0 Å². The predicted molar refractivity (Wildman–Crippen MR) is 80.1 cm³/mol. The number of hydrogen-bond acceptors (Lipinski definition) is 4. The molecule has 1 aromatic carbocycles. The maximum atomic E-state index is 12.8. The smallest absolute Gasteiger partial charge is 0.315 e. The van der Waals surface area contributed by atoms with Crippen LogP contribution in [0.25, 0.3) is 0 Å². The molecule has 3 aliphatic rings. The van der Waals surface area contributed by atoms with Crippen molar-refractivity contribution >= 4 is 23.3 Å². The van der Waals surface area contributed by atoms with Crippen LogP contribution in [0.4, 0.5) is 11.4 Å². The Kier molecular flexibility index (Phi) is 2.75. The number of esters is 1. The van der Waals surface area contributed by atoms with Crippen LogP contribution in [-0.2, 0) is 19.9 Å². The predicted octanol–water partition coefficient (Wildman–Crippen LogP) is -0.344. The molecule has 1 unspecified atom stereocenters.